The Labute approximate surface area is 95.9 Å². The lowest BCUT2D eigenvalue weighted by Crippen LogP contribution is -2.32. The van der Waals surface area contributed by atoms with Crippen molar-refractivity contribution in [2.45, 2.75) is 32.7 Å². The summed E-state index contributed by atoms with van der Waals surface area (Å²) in [5.74, 6) is 0.584. The predicted octanol–water partition coefficient (Wildman–Crippen LogP) is 1.83. The third kappa shape index (κ3) is 2.94. The number of pyridine rings is 1. The number of nitrogens with one attached hydrogen (secondary N) is 1. The minimum atomic E-state index is -0.277. The molecular weight excluding hydrogens is 202 g/mol. The van der Waals surface area contributed by atoms with Crippen molar-refractivity contribution in [3.8, 4) is 6.07 Å². The molecule has 1 rings (SSSR count). The van der Waals surface area contributed by atoms with Gasteiger partial charge in [-0.05, 0) is 38.8 Å². The summed E-state index contributed by atoms with van der Waals surface area (Å²) in [5.41, 5.74) is 1.19. The topological polar surface area (TPSA) is 68.9 Å². The number of hydrogen-bond donors (Lipinski definition) is 2. The van der Waals surface area contributed by atoms with E-state index in [1.165, 1.54) is 0 Å². The van der Waals surface area contributed by atoms with Gasteiger partial charge in [0.05, 0.1) is 5.56 Å². The number of aliphatic hydroxyl groups excluding tert-OH is 1. The van der Waals surface area contributed by atoms with Crippen molar-refractivity contribution in [2.24, 2.45) is 0 Å². The number of aryl methyl sites for hydroxylation is 1. The van der Waals surface area contributed by atoms with Gasteiger partial charge in [-0.25, -0.2) is 4.98 Å². The molecule has 0 aliphatic heterocycles. The lowest BCUT2D eigenvalue weighted by atomic mass is 10.0. The Morgan fingerprint density at radius 1 is 1.56 bits per heavy atom. The fourth-order valence-corrected chi connectivity index (χ4v) is 1.46. The van der Waals surface area contributed by atoms with Gasteiger partial charge in [-0.1, -0.05) is 0 Å². The zero-order chi connectivity index (χ0) is 12.2. The molecule has 16 heavy (non-hydrogen) atoms. The van der Waals surface area contributed by atoms with E-state index in [0.717, 1.165) is 5.56 Å². The van der Waals surface area contributed by atoms with E-state index in [-0.39, 0.29) is 12.1 Å². The van der Waals surface area contributed by atoms with Crippen LogP contribution in [-0.2, 0) is 0 Å². The van der Waals surface area contributed by atoms with Crippen molar-refractivity contribution in [2.75, 3.05) is 11.9 Å². The Bertz CT molecular complexity index is 407. The minimum absolute atomic E-state index is 0.105. The number of nitriles is 1. The first-order chi connectivity index (χ1) is 7.50. The molecule has 0 aliphatic carbocycles. The molecule has 0 aromatic carbocycles. The molecule has 0 fully saturated rings. The third-order valence-corrected chi connectivity index (χ3v) is 2.46. The summed E-state index contributed by atoms with van der Waals surface area (Å²) in [6, 6.07) is 3.95. The maximum atomic E-state index is 9.05. The monoisotopic (exact) mass is 219 g/mol. The number of aromatic nitrogens is 1. The molecule has 0 saturated carbocycles. The molecule has 1 heterocycles. The van der Waals surface area contributed by atoms with E-state index in [0.29, 0.717) is 17.8 Å². The smallest absolute Gasteiger partial charge is 0.144 e. The Balaban J connectivity index is 2.98. The van der Waals surface area contributed by atoms with Gasteiger partial charge in [0.2, 0.25) is 0 Å². The van der Waals surface area contributed by atoms with Gasteiger partial charge in [-0.3, -0.25) is 0 Å². The summed E-state index contributed by atoms with van der Waals surface area (Å²) in [5, 5.41) is 21.2. The Hall–Kier alpha value is -1.60. The quantitative estimate of drug-likeness (QED) is 0.810. The molecule has 0 bridgehead atoms. The van der Waals surface area contributed by atoms with Crippen molar-refractivity contribution >= 4 is 5.82 Å². The molecule has 0 aliphatic rings. The minimum Gasteiger partial charge on any atom is -0.396 e. The van der Waals surface area contributed by atoms with Gasteiger partial charge in [-0.2, -0.15) is 5.26 Å². The van der Waals surface area contributed by atoms with Crippen LogP contribution in [0.15, 0.2) is 12.3 Å². The Kier molecular flexibility index (Phi) is 3.86. The van der Waals surface area contributed by atoms with Crippen LogP contribution in [0.4, 0.5) is 5.82 Å². The van der Waals surface area contributed by atoms with Gasteiger partial charge in [0, 0.05) is 18.3 Å². The molecule has 1 aromatic heterocycles. The van der Waals surface area contributed by atoms with E-state index in [1.54, 1.807) is 6.20 Å². The molecule has 86 valence electrons. The second kappa shape index (κ2) is 4.95. The highest BCUT2D eigenvalue weighted by atomic mass is 16.3. The first-order valence-corrected chi connectivity index (χ1v) is 5.25. The Morgan fingerprint density at radius 3 is 2.81 bits per heavy atom. The van der Waals surface area contributed by atoms with Crippen LogP contribution < -0.4 is 5.32 Å². The molecule has 0 amide bonds. The predicted molar refractivity (Wildman–Crippen MR) is 63.1 cm³/mol. The van der Waals surface area contributed by atoms with Gasteiger partial charge in [0.1, 0.15) is 11.9 Å². The number of rotatable bonds is 4. The van der Waals surface area contributed by atoms with E-state index in [9.17, 15) is 0 Å². The normalized spacial score (nSPS) is 10.9. The van der Waals surface area contributed by atoms with Gasteiger partial charge in [0.15, 0.2) is 0 Å². The van der Waals surface area contributed by atoms with Gasteiger partial charge >= 0.3 is 0 Å². The summed E-state index contributed by atoms with van der Waals surface area (Å²) in [6.45, 7) is 5.92. The second-order valence-corrected chi connectivity index (χ2v) is 4.45. The van der Waals surface area contributed by atoms with Gasteiger partial charge < -0.3 is 10.4 Å². The van der Waals surface area contributed by atoms with Crippen LogP contribution in [0.2, 0.25) is 0 Å². The molecule has 0 atom stereocenters. The number of aliphatic hydroxyl groups is 1. The largest absolute Gasteiger partial charge is 0.396 e. The Morgan fingerprint density at radius 2 is 2.25 bits per heavy atom. The van der Waals surface area contributed by atoms with Crippen molar-refractivity contribution < 1.29 is 5.11 Å². The van der Waals surface area contributed by atoms with Gasteiger partial charge in [0.25, 0.3) is 0 Å². The molecule has 1 aromatic rings. The first kappa shape index (κ1) is 12.5. The van der Waals surface area contributed by atoms with Crippen molar-refractivity contribution in [1.82, 2.24) is 4.98 Å². The van der Waals surface area contributed by atoms with E-state index < -0.39 is 0 Å². The van der Waals surface area contributed by atoms with Crippen LogP contribution in [0.25, 0.3) is 0 Å². The fraction of sp³-hybridized carbons (Fsp3) is 0.500. The summed E-state index contributed by atoms with van der Waals surface area (Å²) in [4.78, 5) is 4.16. The molecule has 0 spiro atoms. The summed E-state index contributed by atoms with van der Waals surface area (Å²) < 4.78 is 0. The van der Waals surface area contributed by atoms with Crippen LogP contribution in [0.1, 0.15) is 31.4 Å². The van der Waals surface area contributed by atoms with E-state index in [1.807, 2.05) is 26.8 Å². The summed E-state index contributed by atoms with van der Waals surface area (Å²) >= 11 is 0. The number of anilines is 1. The van der Waals surface area contributed by atoms with E-state index in [2.05, 4.69) is 16.4 Å². The van der Waals surface area contributed by atoms with Crippen LogP contribution in [-0.4, -0.2) is 22.2 Å². The number of hydrogen-bond acceptors (Lipinski definition) is 4. The lowest BCUT2D eigenvalue weighted by molar-refractivity contribution is 0.260. The van der Waals surface area contributed by atoms with E-state index >= 15 is 0 Å². The van der Waals surface area contributed by atoms with E-state index in [4.69, 9.17) is 10.4 Å². The SMILES string of the molecule is Cc1ccnc(NC(C)(C)CCO)c1C#N. The zero-order valence-corrected chi connectivity index (χ0v) is 9.91. The summed E-state index contributed by atoms with van der Waals surface area (Å²) in [7, 11) is 0. The first-order valence-electron chi connectivity index (χ1n) is 5.25. The molecule has 4 heteroatoms. The van der Waals surface area contributed by atoms with Crippen LogP contribution in [0.5, 0.6) is 0 Å². The zero-order valence-electron chi connectivity index (χ0n) is 9.91. The number of nitrogens with zero attached hydrogens (tertiary/aromatic N) is 2. The van der Waals surface area contributed by atoms with Crippen LogP contribution >= 0.6 is 0 Å². The average molecular weight is 219 g/mol. The molecule has 0 saturated heterocycles. The maximum absolute atomic E-state index is 9.05. The highest BCUT2D eigenvalue weighted by molar-refractivity contribution is 5.56. The van der Waals surface area contributed by atoms with Crippen LogP contribution in [0, 0.1) is 18.3 Å². The molecule has 4 nitrogen and oxygen atoms in total. The fourth-order valence-electron chi connectivity index (χ4n) is 1.46. The summed E-state index contributed by atoms with van der Waals surface area (Å²) in [6.07, 6.45) is 2.28. The highest BCUT2D eigenvalue weighted by Gasteiger charge is 2.19. The van der Waals surface area contributed by atoms with Crippen LogP contribution in [0.3, 0.4) is 0 Å². The standard InChI is InChI=1S/C12H17N3O/c1-9-4-6-14-11(10(9)8-13)15-12(2,3)5-7-16/h4,6,16H,5,7H2,1-3H3,(H,14,15). The lowest BCUT2D eigenvalue weighted by Gasteiger charge is -2.26. The van der Waals surface area contributed by atoms with Crippen molar-refractivity contribution in [3.63, 3.8) is 0 Å². The highest BCUT2D eigenvalue weighted by Crippen LogP contribution is 2.21. The molecule has 0 unspecified atom stereocenters. The average Bonchev–Trinajstić information content (AvgIpc) is 2.17. The molecular formula is C12H17N3O. The third-order valence-electron chi connectivity index (χ3n) is 2.46. The molecule has 2 N–H and O–H groups in total. The second-order valence-electron chi connectivity index (χ2n) is 4.45. The van der Waals surface area contributed by atoms with Gasteiger partial charge in [-0.15, -0.1) is 0 Å². The maximum Gasteiger partial charge on any atom is 0.144 e. The van der Waals surface area contributed by atoms with Crippen molar-refractivity contribution in [1.29, 1.82) is 5.26 Å². The molecule has 0 radical (unpaired) electrons. The van der Waals surface area contributed by atoms with Crippen molar-refractivity contribution in [3.05, 3.63) is 23.4 Å².